The van der Waals surface area contributed by atoms with E-state index in [4.69, 9.17) is 22.6 Å². The summed E-state index contributed by atoms with van der Waals surface area (Å²) in [7, 11) is 0. The summed E-state index contributed by atoms with van der Waals surface area (Å²) in [5.41, 5.74) is 7.70. The van der Waals surface area contributed by atoms with E-state index in [0.29, 0.717) is 22.7 Å². The van der Waals surface area contributed by atoms with Crippen molar-refractivity contribution in [2.45, 2.75) is 12.5 Å². The minimum absolute atomic E-state index is 0.301. The van der Waals surface area contributed by atoms with Gasteiger partial charge in [0.2, 0.25) is 5.91 Å². The van der Waals surface area contributed by atoms with Crippen molar-refractivity contribution in [3.8, 4) is 6.07 Å². The maximum Gasteiger partial charge on any atom is 0.241 e. The van der Waals surface area contributed by atoms with Crippen LogP contribution in [-0.2, 0) is 11.2 Å². The van der Waals surface area contributed by atoms with E-state index in [1.165, 1.54) is 6.07 Å². The average molecular weight is 300 g/mol. The van der Waals surface area contributed by atoms with E-state index < -0.39 is 6.04 Å². The largest absolute Gasteiger partial charge is 0.325 e. The molecule has 0 aliphatic rings. The van der Waals surface area contributed by atoms with Gasteiger partial charge in [-0.15, -0.1) is 0 Å². The van der Waals surface area contributed by atoms with E-state index in [1.807, 2.05) is 36.4 Å². The van der Waals surface area contributed by atoms with Crippen molar-refractivity contribution in [2.24, 2.45) is 5.73 Å². The van der Waals surface area contributed by atoms with Crippen LogP contribution >= 0.6 is 11.6 Å². The third-order valence-electron chi connectivity index (χ3n) is 2.99. The Balaban J connectivity index is 2.03. The Hall–Kier alpha value is -2.35. The lowest BCUT2D eigenvalue weighted by atomic mass is 10.1. The number of carbonyl (C=O) groups is 1. The summed E-state index contributed by atoms with van der Waals surface area (Å²) in [5.74, 6) is -0.301. The fourth-order valence-corrected chi connectivity index (χ4v) is 2.04. The lowest BCUT2D eigenvalue weighted by Gasteiger charge is -2.12. The van der Waals surface area contributed by atoms with E-state index in [0.717, 1.165) is 5.56 Å². The molecule has 2 aromatic rings. The molecule has 2 aromatic carbocycles. The van der Waals surface area contributed by atoms with Crippen LogP contribution in [0, 0.1) is 11.3 Å². The first-order valence-electron chi connectivity index (χ1n) is 6.40. The molecule has 3 N–H and O–H groups in total. The van der Waals surface area contributed by atoms with Crippen molar-refractivity contribution >= 4 is 23.2 Å². The van der Waals surface area contributed by atoms with Gasteiger partial charge in [-0.1, -0.05) is 41.9 Å². The molecule has 0 saturated carbocycles. The predicted molar refractivity (Wildman–Crippen MR) is 82.9 cm³/mol. The molecule has 0 radical (unpaired) electrons. The lowest BCUT2D eigenvalue weighted by molar-refractivity contribution is -0.117. The molecule has 0 aromatic heterocycles. The van der Waals surface area contributed by atoms with Crippen LogP contribution in [0.3, 0.4) is 0 Å². The maximum absolute atomic E-state index is 12.0. The van der Waals surface area contributed by atoms with Gasteiger partial charge in [-0.3, -0.25) is 4.79 Å². The van der Waals surface area contributed by atoms with Gasteiger partial charge in [-0.2, -0.15) is 5.26 Å². The number of rotatable bonds is 4. The second kappa shape index (κ2) is 6.89. The Bertz CT molecular complexity index is 680. The van der Waals surface area contributed by atoms with Crippen LogP contribution in [0.4, 0.5) is 5.69 Å². The second-order valence-corrected chi connectivity index (χ2v) is 5.00. The van der Waals surface area contributed by atoms with Gasteiger partial charge >= 0.3 is 0 Å². The lowest BCUT2D eigenvalue weighted by Crippen LogP contribution is -2.37. The minimum atomic E-state index is -0.659. The summed E-state index contributed by atoms with van der Waals surface area (Å²) < 4.78 is 0. The molecule has 0 bridgehead atoms. The van der Waals surface area contributed by atoms with Crippen molar-refractivity contribution in [1.29, 1.82) is 5.26 Å². The normalized spacial score (nSPS) is 11.5. The maximum atomic E-state index is 12.0. The molecule has 1 atom stereocenters. The number of benzene rings is 2. The minimum Gasteiger partial charge on any atom is -0.325 e. The van der Waals surface area contributed by atoms with Gasteiger partial charge in [-0.25, -0.2) is 0 Å². The van der Waals surface area contributed by atoms with E-state index >= 15 is 0 Å². The smallest absolute Gasteiger partial charge is 0.241 e. The number of carbonyl (C=O) groups excluding carboxylic acids is 1. The first-order chi connectivity index (χ1) is 10.1. The van der Waals surface area contributed by atoms with Gasteiger partial charge < -0.3 is 11.1 Å². The molecule has 106 valence electrons. The van der Waals surface area contributed by atoms with Gasteiger partial charge in [0.15, 0.2) is 0 Å². The number of nitrogens with one attached hydrogen (secondary N) is 1. The summed E-state index contributed by atoms with van der Waals surface area (Å²) >= 11 is 5.84. The zero-order valence-electron chi connectivity index (χ0n) is 11.2. The zero-order chi connectivity index (χ0) is 15.2. The van der Waals surface area contributed by atoms with Crippen LogP contribution in [0.1, 0.15) is 11.1 Å². The third-order valence-corrected chi connectivity index (χ3v) is 3.32. The molecule has 5 heteroatoms. The number of anilines is 1. The molecule has 0 saturated heterocycles. The Morgan fingerprint density at radius 1 is 1.29 bits per heavy atom. The molecular formula is C16H14ClN3O. The number of hydrogen-bond donors (Lipinski definition) is 2. The zero-order valence-corrected chi connectivity index (χ0v) is 12.0. The molecular weight excluding hydrogens is 286 g/mol. The summed E-state index contributed by atoms with van der Waals surface area (Å²) in [6.45, 7) is 0. The molecule has 0 aliphatic heterocycles. The fraction of sp³-hybridized carbons (Fsp3) is 0.125. The summed E-state index contributed by atoms with van der Waals surface area (Å²) in [4.78, 5) is 12.0. The fourth-order valence-electron chi connectivity index (χ4n) is 1.88. The summed E-state index contributed by atoms with van der Waals surface area (Å²) in [5, 5.41) is 12.0. The van der Waals surface area contributed by atoms with E-state index in [-0.39, 0.29) is 5.91 Å². The van der Waals surface area contributed by atoms with Gasteiger partial charge in [0.25, 0.3) is 0 Å². The highest BCUT2D eigenvalue weighted by molar-refractivity contribution is 6.31. The van der Waals surface area contributed by atoms with Gasteiger partial charge in [0, 0.05) is 5.69 Å². The van der Waals surface area contributed by atoms with Crippen molar-refractivity contribution < 1.29 is 4.79 Å². The standard InChI is InChI=1S/C16H14ClN3O/c17-14-7-6-13(9-12(14)10-18)20-16(21)15(19)8-11-4-2-1-3-5-11/h1-7,9,15H,8,19H2,(H,20,21)/t15-/m1/s1. The van der Waals surface area contributed by atoms with Crippen LogP contribution in [0.2, 0.25) is 5.02 Å². The Labute approximate surface area is 128 Å². The van der Waals surface area contributed by atoms with Gasteiger partial charge in [-0.05, 0) is 30.2 Å². The van der Waals surface area contributed by atoms with Crippen LogP contribution < -0.4 is 11.1 Å². The predicted octanol–water partition coefficient (Wildman–Crippen LogP) is 2.72. The van der Waals surface area contributed by atoms with E-state index in [2.05, 4.69) is 5.32 Å². The van der Waals surface area contributed by atoms with Crippen LogP contribution in [-0.4, -0.2) is 11.9 Å². The molecule has 0 fully saturated rings. The first-order valence-corrected chi connectivity index (χ1v) is 6.78. The van der Waals surface area contributed by atoms with Gasteiger partial charge in [0.1, 0.15) is 6.07 Å². The van der Waals surface area contributed by atoms with Crippen LogP contribution in [0.5, 0.6) is 0 Å². The number of nitriles is 1. The Kier molecular flexibility index (Phi) is 4.94. The first kappa shape index (κ1) is 15.0. The van der Waals surface area contributed by atoms with Crippen LogP contribution in [0.15, 0.2) is 48.5 Å². The van der Waals surface area contributed by atoms with Crippen molar-refractivity contribution in [3.63, 3.8) is 0 Å². The van der Waals surface area contributed by atoms with Crippen molar-refractivity contribution in [3.05, 3.63) is 64.7 Å². The number of nitrogens with two attached hydrogens (primary N) is 1. The highest BCUT2D eigenvalue weighted by Gasteiger charge is 2.14. The number of amides is 1. The number of hydrogen-bond acceptors (Lipinski definition) is 3. The molecule has 0 heterocycles. The molecule has 4 nitrogen and oxygen atoms in total. The SMILES string of the molecule is N#Cc1cc(NC(=O)[C@H](N)Cc2ccccc2)ccc1Cl. The molecule has 2 rings (SSSR count). The summed E-state index contributed by atoms with van der Waals surface area (Å²) in [6, 6.07) is 15.6. The topological polar surface area (TPSA) is 78.9 Å². The molecule has 1 amide bonds. The second-order valence-electron chi connectivity index (χ2n) is 4.59. The molecule has 21 heavy (non-hydrogen) atoms. The molecule has 0 spiro atoms. The Morgan fingerprint density at radius 2 is 2.00 bits per heavy atom. The van der Waals surface area contributed by atoms with Crippen molar-refractivity contribution in [1.82, 2.24) is 0 Å². The highest BCUT2D eigenvalue weighted by atomic mass is 35.5. The number of nitrogens with zero attached hydrogens (tertiary/aromatic N) is 1. The monoisotopic (exact) mass is 299 g/mol. The summed E-state index contributed by atoms with van der Waals surface area (Å²) in [6.07, 6.45) is 0.450. The average Bonchev–Trinajstić information content (AvgIpc) is 2.50. The molecule has 0 unspecified atom stereocenters. The van der Waals surface area contributed by atoms with Crippen molar-refractivity contribution in [2.75, 3.05) is 5.32 Å². The van der Waals surface area contributed by atoms with E-state index in [1.54, 1.807) is 12.1 Å². The third kappa shape index (κ3) is 4.06. The Morgan fingerprint density at radius 3 is 2.67 bits per heavy atom. The number of halogens is 1. The van der Waals surface area contributed by atoms with Gasteiger partial charge in [0.05, 0.1) is 16.6 Å². The molecule has 0 aliphatic carbocycles. The quantitative estimate of drug-likeness (QED) is 0.911. The van der Waals surface area contributed by atoms with Crippen LogP contribution in [0.25, 0.3) is 0 Å². The van der Waals surface area contributed by atoms with E-state index in [9.17, 15) is 4.79 Å². The highest BCUT2D eigenvalue weighted by Crippen LogP contribution is 2.19.